The molecular weight excluding hydrogens is 236 g/mol. The van der Waals surface area contributed by atoms with Crippen molar-refractivity contribution in [2.75, 3.05) is 20.1 Å². The molecule has 0 unspecified atom stereocenters. The highest BCUT2D eigenvalue weighted by atomic mass is 32.1. The SMILES string of the molecule is CC(C)N(C)CCNCc1cc(C(=O)O)cs1. The second-order valence-electron chi connectivity index (χ2n) is 4.36. The number of carboxylic acid groups (broad SMARTS) is 1. The maximum atomic E-state index is 10.7. The van der Waals surface area contributed by atoms with Gasteiger partial charge in [-0.15, -0.1) is 11.3 Å². The second kappa shape index (κ2) is 6.74. The van der Waals surface area contributed by atoms with Gasteiger partial charge in [-0.25, -0.2) is 4.79 Å². The average Bonchev–Trinajstić information content (AvgIpc) is 2.72. The standard InChI is InChI=1S/C12H20N2O2S/c1-9(2)14(3)5-4-13-7-11-6-10(8-17-11)12(15)16/h6,8-9,13H,4-5,7H2,1-3H3,(H,15,16). The van der Waals surface area contributed by atoms with Crippen molar-refractivity contribution in [1.82, 2.24) is 10.2 Å². The number of thiophene rings is 1. The third-order valence-corrected chi connectivity index (χ3v) is 3.66. The molecule has 1 aromatic heterocycles. The van der Waals surface area contributed by atoms with Crippen LogP contribution in [0.2, 0.25) is 0 Å². The van der Waals surface area contributed by atoms with E-state index in [-0.39, 0.29) is 0 Å². The lowest BCUT2D eigenvalue weighted by Crippen LogP contribution is -2.33. The first-order valence-electron chi connectivity index (χ1n) is 5.72. The number of carbonyl (C=O) groups is 1. The van der Waals surface area contributed by atoms with Gasteiger partial charge in [-0.2, -0.15) is 0 Å². The first kappa shape index (κ1) is 14.2. The molecule has 0 atom stereocenters. The van der Waals surface area contributed by atoms with Gasteiger partial charge in [0.2, 0.25) is 0 Å². The zero-order valence-corrected chi connectivity index (χ0v) is 11.4. The summed E-state index contributed by atoms with van der Waals surface area (Å²) in [5.74, 6) is -0.855. The zero-order valence-electron chi connectivity index (χ0n) is 10.6. The number of hydrogen-bond donors (Lipinski definition) is 2. The molecule has 5 heteroatoms. The summed E-state index contributed by atoms with van der Waals surface area (Å²) in [6, 6.07) is 2.28. The lowest BCUT2D eigenvalue weighted by atomic mass is 10.3. The molecule has 0 radical (unpaired) electrons. The molecule has 0 aliphatic rings. The van der Waals surface area contributed by atoms with E-state index in [9.17, 15) is 4.79 Å². The number of carboxylic acids is 1. The van der Waals surface area contributed by atoms with Crippen molar-refractivity contribution in [3.8, 4) is 0 Å². The van der Waals surface area contributed by atoms with Crippen LogP contribution in [-0.2, 0) is 6.54 Å². The zero-order chi connectivity index (χ0) is 12.8. The Morgan fingerprint density at radius 2 is 2.29 bits per heavy atom. The van der Waals surface area contributed by atoms with Crippen LogP contribution in [0.25, 0.3) is 0 Å². The van der Waals surface area contributed by atoms with Crippen LogP contribution in [0.5, 0.6) is 0 Å². The summed E-state index contributed by atoms with van der Waals surface area (Å²) >= 11 is 1.49. The van der Waals surface area contributed by atoms with Crippen LogP contribution in [0.3, 0.4) is 0 Å². The van der Waals surface area contributed by atoms with E-state index in [2.05, 4.69) is 31.1 Å². The van der Waals surface area contributed by atoms with Gasteiger partial charge in [0.05, 0.1) is 5.56 Å². The minimum atomic E-state index is -0.855. The predicted octanol–water partition coefficient (Wildman–Crippen LogP) is 1.88. The van der Waals surface area contributed by atoms with Gasteiger partial charge in [-0.3, -0.25) is 0 Å². The Balaban J connectivity index is 2.24. The van der Waals surface area contributed by atoms with Crippen LogP contribution in [0.1, 0.15) is 29.1 Å². The Bertz CT molecular complexity index is 363. The molecule has 0 bridgehead atoms. The predicted molar refractivity (Wildman–Crippen MR) is 70.8 cm³/mol. The highest BCUT2D eigenvalue weighted by Crippen LogP contribution is 2.14. The van der Waals surface area contributed by atoms with Crippen LogP contribution in [0.15, 0.2) is 11.4 Å². The second-order valence-corrected chi connectivity index (χ2v) is 5.35. The lowest BCUT2D eigenvalue weighted by molar-refractivity contribution is 0.0697. The molecule has 0 fully saturated rings. The van der Waals surface area contributed by atoms with Crippen LogP contribution < -0.4 is 5.32 Å². The molecule has 96 valence electrons. The lowest BCUT2D eigenvalue weighted by Gasteiger charge is -2.20. The van der Waals surface area contributed by atoms with Crippen molar-refractivity contribution in [1.29, 1.82) is 0 Å². The molecule has 1 heterocycles. The molecule has 1 aromatic rings. The summed E-state index contributed by atoms with van der Waals surface area (Å²) in [5.41, 5.74) is 0.381. The Morgan fingerprint density at radius 1 is 1.59 bits per heavy atom. The molecule has 0 spiro atoms. The Hall–Kier alpha value is -0.910. The monoisotopic (exact) mass is 256 g/mol. The van der Waals surface area contributed by atoms with Crippen LogP contribution in [0.4, 0.5) is 0 Å². The molecule has 0 aliphatic heterocycles. The molecule has 0 saturated carbocycles. The topological polar surface area (TPSA) is 52.6 Å². The fourth-order valence-corrected chi connectivity index (χ4v) is 2.14. The van der Waals surface area contributed by atoms with Gasteiger partial charge in [-0.1, -0.05) is 0 Å². The number of aromatic carboxylic acids is 1. The van der Waals surface area contributed by atoms with Gasteiger partial charge in [0.1, 0.15) is 0 Å². The van der Waals surface area contributed by atoms with Gasteiger partial charge in [0.15, 0.2) is 0 Å². The highest BCUT2D eigenvalue weighted by molar-refractivity contribution is 7.10. The van der Waals surface area contributed by atoms with E-state index in [1.807, 2.05) is 0 Å². The highest BCUT2D eigenvalue weighted by Gasteiger charge is 2.06. The molecule has 1 rings (SSSR count). The first-order chi connectivity index (χ1) is 8.00. The van der Waals surface area contributed by atoms with Crippen molar-refractivity contribution >= 4 is 17.3 Å². The number of hydrogen-bond acceptors (Lipinski definition) is 4. The third-order valence-electron chi connectivity index (χ3n) is 2.72. The van der Waals surface area contributed by atoms with E-state index in [0.29, 0.717) is 11.6 Å². The number of nitrogens with one attached hydrogen (secondary N) is 1. The van der Waals surface area contributed by atoms with Crippen LogP contribution in [-0.4, -0.2) is 42.2 Å². The van der Waals surface area contributed by atoms with Crippen molar-refractivity contribution in [3.05, 3.63) is 21.9 Å². The first-order valence-corrected chi connectivity index (χ1v) is 6.60. The summed E-state index contributed by atoms with van der Waals surface area (Å²) in [4.78, 5) is 14.0. The minimum absolute atomic E-state index is 0.381. The average molecular weight is 256 g/mol. The minimum Gasteiger partial charge on any atom is -0.478 e. The molecule has 0 aliphatic carbocycles. The van der Waals surface area contributed by atoms with Gasteiger partial charge >= 0.3 is 5.97 Å². The van der Waals surface area contributed by atoms with Crippen LogP contribution >= 0.6 is 11.3 Å². The number of likely N-dealkylation sites (N-methyl/N-ethyl adjacent to an activating group) is 1. The normalized spacial score (nSPS) is 11.4. The third kappa shape index (κ3) is 4.85. The summed E-state index contributed by atoms with van der Waals surface area (Å²) in [5, 5.41) is 13.8. The molecule has 0 amide bonds. The summed E-state index contributed by atoms with van der Waals surface area (Å²) in [6.07, 6.45) is 0. The van der Waals surface area contributed by atoms with E-state index >= 15 is 0 Å². The Morgan fingerprint density at radius 3 is 2.82 bits per heavy atom. The summed E-state index contributed by atoms with van der Waals surface area (Å²) in [7, 11) is 2.10. The van der Waals surface area contributed by atoms with Gasteiger partial charge < -0.3 is 15.3 Å². The smallest absolute Gasteiger partial charge is 0.336 e. The van der Waals surface area contributed by atoms with E-state index < -0.39 is 5.97 Å². The van der Waals surface area contributed by atoms with E-state index in [4.69, 9.17) is 5.11 Å². The molecule has 2 N–H and O–H groups in total. The Kier molecular flexibility index (Phi) is 5.61. The molecule has 0 aromatic carbocycles. The number of rotatable bonds is 7. The summed E-state index contributed by atoms with van der Waals surface area (Å²) < 4.78 is 0. The fourth-order valence-electron chi connectivity index (χ4n) is 1.31. The molecule has 4 nitrogen and oxygen atoms in total. The molecule has 0 saturated heterocycles. The maximum absolute atomic E-state index is 10.7. The van der Waals surface area contributed by atoms with Gasteiger partial charge in [0, 0.05) is 35.9 Å². The molecule has 17 heavy (non-hydrogen) atoms. The Labute approximate surface area is 106 Å². The van der Waals surface area contributed by atoms with E-state index in [1.54, 1.807) is 11.4 Å². The van der Waals surface area contributed by atoms with Crippen molar-refractivity contribution in [2.24, 2.45) is 0 Å². The summed E-state index contributed by atoms with van der Waals surface area (Å²) in [6.45, 7) is 6.98. The van der Waals surface area contributed by atoms with Gasteiger partial charge in [-0.05, 0) is 27.0 Å². The van der Waals surface area contributed by atoms with Crippen LogP contribution in [0, 0.1) is 0 Å². The van der Waals surface area contributed by atoms with Crippen molar-refractivity contribution in [2.45, 2.75) is 26.4 Å². The quantitative estimate of drug-likeness (QED) is 0.731. The van der Waals surface area contributed by atoms with E-state index in [1.165, 1.54) is 11.3 Å². The van der Waals surface area contributed by atoms with E-state index in [0.717, 1.165) is 24.5 Å². The largest absolute Gasteiger partial charge is 0.478 e. The van der Waals surface area contributed by atoms with Crippen molar-refractivity contribution < 1.29 is 9.90 Å². The molecular formula is C12H20N2O2S. The van der Waals surface area contributed by atoms with Gasteiger partial charge in [0.25, 0.3) is 0 Å². The number of nitrogens with zero attached hydrogens (tertiary/aromatic N) is 1. The fraction of sp³-hybridized carbons (Fsp3) is 0.583. The maximum Gasteiger partial charge on any atom is 0.336 e. The van der Waals surface area contributed by atoms with Crippen molar-refractivity contribution in [3.63, 3.8) is 0 Å².